The summed E-state index contributed by atoms with van der Waals surface area (Å²) in [5, 5.41) is 4.89. The minimum Gasteiger partial charge on any atom is -0.342 e. The fourth-order valence-corrected chi connectivity index (χ4v) is 2.39. The number of pyridine rings is 1. The molecule has 2 N–H and O–H groups in total. The zero-order valence-corrected chi connectivity index (χ0v) is 12.2. The van der Waals surface area contributed by atoms with Gasteiger partial charge in [-0.05, 0) is 41.1 Å². The molecule has 0 bridgehead atoms. The topological polar surface area (TPSA) is 44.9 Å². The Morgan fingerprint density at radius 1 is 1.00 bits per heavy atom. The van der Waals surface area contributed by atoms with Crippen LogP contribution in [0.3, 0.4) is 0 Å². The fourth-order valence-electron chi connectivity index (χ4n) is 2.39. The van der Waals surface area contributed by atoms with E-state index < -0.39 is 0 Å². The average Bonchev–Trinajstić information content (AvgIpc) is 2.48. The minimum atomic E-state index is -0.0746. The van der Waals surface area contributed by atoms with E-state index in [9.17, 15) is 4.79 Å². The number of nitrogens with one attached hydrogen (secondary N) is 2. The summed E-state index contributed by atoms with van der Waals surface area (Å²) in [4.78, 5) is 14.9. The number of benzene rings is 2. The van der Waals surface area contributed by atoms with Crippen molar-refractivity contribution in [1.29, 1.82) is 0 Å². The van der Waals surface area contributed by atoms with Crippen LogP contribution in [0.15, 0.2) is 59.4 Å². The standard InChI is InChI=1S/C18H18N2O/c1-12(2)13-7-9-15(10-8-13)19-17-11-14-5-3-4-6-16(14)18(21)20-17/h3-12H,1-2H3,(H2,19,20,21). The molecule has 3 rings (SSSR count). The van der Waals surface area contributed by atoms with Crippen molar-refractivity contribution in [1.82, 2.24) is 4.98 Å². The number of H-pyrrole nitrogens is 1. The third-order valence-corrected chi connectivity index (χ3v) is 3.61. The summed E-state index contributed by atoms with van der Waals surface area (Å²) in [5.41, 5.74) is 2.19. The molecule has 2 aromatic carbocycles. The largest absolute Gasteiger partial charge is 0.342 e. The van der Waals surface area contributed by atoms with Crippen LogP contribution < -0.4 is 10.9 Å². The lowest BCUT2D eigenvalue weighted by Gasteiger charge is -2.10. The molecule has 106 valence electrons. The van der Waals surface area contributed by atoms with Crippen molar-refractivity contribution < 1.29 is 0 Å². The number of hydrogen-bond donors (Lipinski definition) is 2. The molecule has 0 spiro atoms. The van der Waals surface area contributed by atoms with Crippen LogP contribution in [0, 0.1) is 0 Å². The molecule has 0 saturated carbocycles. The van der Waals surface area contributed by atoms with Crippen molar-refractivity contribution in [2.75, 3.05) is 5.32 Å². The van der Waals surface area contributed by atoms with E-state index in [1.165, 1.54) is 5.56 Å². The van der Waals surface area contributed by atoms with Crippen LogP contribution in [0.25, 0.3) is 10.8 Å². The van der Waals surface area contributed by atoms with Gasteiger partial charge >= 0.3 is 0 Å². The molecule has 3 aromatic rings. The van der Waals surface area contributed by atoms with Gasteiger partial charge < -0.3 is 10.3 Å². The molecular formula is C18H18N2O. The van der Waals surface area contributed by atoms with Gasteiger partial charge in [0, 0.05) is 11.1 Å². The maximum Gasteiger partial charge on any atom is 0.257 e. The molecule has 3 heteroatoms. The van der Waals surface area contributed by atoms with Crippen molar-refractivity contribution in [3.05, 3.63) is 70.5 Å². The van der Waals surface area contributed by atoms with Crippen LogP contribution in [0.5, 0.6) is 0 Å². The number of aromatic amines is 1. The first-order valence-electron chi connectivity index (χ1n) is 7.12. The van der Waals surface area contributed by atoms with Gasteiger partial charge in [0.15, 0.2) is 0 Å². The minimum absolute atomic E-state index is 0.0746. The van der Waals surface area contributed by atoms with Crippen LogP contribution in [0.1, 0.15) is 25.3 Å². The second-order valence-electron chi connectivity index (χ2n) is 5.50. The first-order chi connectivity index (χ1) is 10.1. The molecule has 0 atom stereocenters. The Hall–Kier alpha value is -2.55. The number of anilines is 2. The zero-order chi connectivity index (χ0) is 14.8. The van der Waals surface area contributed by atoms with Crippen LogP contribution in [0.2, 0.25) is 0 Å². The lowest BCUT2D eigenvalue weighted by molar-refractivity contribution is 0.867. The molecule has 0 fully saturated rings. The third-order valence-electron chi connectivity index (χ3n) is 3.61. The molecule has 1 aromatic heterocycles. The highest BCUT2D eigenvalue weighted by atomic mass is 16.1. The van der Waals surface area contributed by atoms with Gasteiger partial charge in [0.05, 0.1) is 0 Å². The second kappa shape index (κ2) is 5.44. The first-order valence-corrected chi connectivity index (χ1v) is 7.12. The van der Waals surface area contributed by atoms with Gasteiger partial charge in [-0.3, -0.25) is 4.79 Å². The van der Waals surface area contributed by atoms with Gasteiger partial charge in [-0.15, -0.1) is 0 Å². The van der Waals surface area contributed by atoms with E-state index in [-0.39, 0.29) is 5.56 Å². The van der Waals surface area contributed by atoms with E-state index in [4.69, 9.17) is 0 Å². The molecule has 0 unspecified atom stereocenters. The van der Waals surface area contributed by atoms with E-state index in [0.29, 0.717) is 17.1 Å². The van der Waals surface area contributed by atoms with Gasteiger partial charge in [0.2, 0.25) is 0 Å². The summed E-state index contributed by atoms with van der Waals surface area (Å²) < 4.78 is 0. The summed E-state index contributed by atoms with van der Waals surface area (Å²) >= 11 is 0. The van der Waals surface area contributed by atoms with Crippen molar-refractivity contribution in [2.24, 2.45) is 0 Å². The summed E-state index contributed by atoms with van der Waals surface area (Å²) in [5.74, 6) is 1.22. The Morgan fingerprint density at radius 2 is 1.71 bits per heavy atom. The normalized spacial score (nSPS) is 11.0. The molecule has 0 aliphatic carbocycles. The van der Waals surface area contributed by atoms with E-state index in [2.05, 4.69) is 36.3 Å². The van der Waals surface area contributed by atoms with Gasteiger partial charge in [0.25, 0.3) is 5.56 Å². The molecular weight excluding hydrogens is 260 g/mol. The monoisotopic (exact) mass is 278 g/mol. The van der Waals surface area contributed by atoms with Gasteiger partial charge in [-0.25, -0.2) is 0 Å². The predicted molar refractivity (Wildman–Crippen MR) is 88.4 cm³/mol. The first kappa shape index (κ1) is 13.4. The van der Waals surface area contributed by atoms with Gasteiger partial charge in [-0.2, -0.15) is 0 Å². The number of rotatable bonds is 3. The Kier molecular flexibility index (Phi) is 3.48. The predicted octanol–water partition coefficient (Wildman–Crippen LogP) is 4.40. The molecule has 3 nitrogen and oxygen atoms in total. The summed E-state index contributed by atoms with van der Waals surface area (Å²) in [6, 6.07) is 17.8. The lowest BCUT2D eigenvalue weighted by Crippen LogP contribution is -2.08. The second-order valence-corrected chi connectivity index (χ2v) is 5.50. The summed E-state index contributed by atoms with van der Waals surface area (Å²) in [6.45, 7) is 4.34. The van der Waals surface area contributed by atoms with Crippen LogP contribution in [-0.2, 0) is 0 Å². The highest BCUT2D eigenvalue weighted by molar-refractivity contribution is 5.84. The van der Waals surface area contributed by atoms with Crippen molar-refractivity contribution in [3.8, 4) is 0 Å². The van der Waals surface area contributed by atoms with Crippen molar-refractivity contribution >= 4 is 22.3 Å². The van der Waals surface area contributed by atoms with Crippen molar-refractivity contribution in [2.45, 2.75) is 19.8 Å². The van der Waals surface area contributed by atoms with E-state index in [0.717, 1.165) is 11.1 Å². The Morgan fingerprint density at radius 3 is 2.43 bits per heavy atom. The molecule has 0 saturated heterocycles. The molecule has 1 heterocycles. The summed E-state index contributed by atoms with van der Waals surface area (Å²) in [7, 11) is 0. The lowest BCUT2D eigenvalue weighted by atomic mass is 10.0. The molecule has 0 aliphatic heterocycles. The van der Waals surface area contributed by atoms with E-state index >= 15 is 0 Å². The van der Waals surface area contributed by atoms with Crippen molar-refractivity contribution in [3.63, 3.8) is 0 Å². The molecule has 0 aliphatic rings. The Bertz CT molecular complexity index is 816. The average molecular weight is 278 g/mol. The fraction of sp³-hybridized carbons (Fsp3) is 0.167. The highest BCUT2D eigenvalue weighted by Gasteiger charge is 2.03. The Labute approximate surface area is 123 Å². The SMILES string of the molecule is CC(C)c1ccc(Nc2cc3ccccc3c(=O)[nH]2)cc1. The van der Waals surface area contributed by atoms with E-state index in [1.807, 2.05) is 42.5 Å². The maximum atomic E-state index is 12.0. The number of hydrogen-bond acceptors (Lipinski definition) is 2. The maximum absolute atomic E-state index is 12.0. The van der Waals surface area contributed by atoms with Gasteiger partial charge in [-0.1, -0.05) is 44.2 Å². The van der Waals surface area contributed by atoms with Crippen LogP contribution in [-0.4, -0.2) is 4.98 Å². The molecule has 0 radical (unpaired) electrons. The number of fused-ring (bicyclic) bond motifs is 1. The van der Waals surface area contributed by atoms with Crippen LogP contribution >= 0.6 is 0 Å². The smallest absolute Gasteiger partial charge is 0.257 e. The molecule has 21 heavy (non-hydrogen) atoms. The highest BCUT2D eigenvalue weighted by Crippen LogP contribution is 2.20. The quantitative estimate of drug-likeness (QED) is 0.746. The van der Waals surface area contributed by atoms with Gasteiger partial charge in [0.1, 0.15) is 5.82 Å². The summed E-state index contributed by atoms with van der Waals surface area (Å²) in [6.07, 6.45) is 0. The number of aromatic nitrogens is 1. The van der Waals surface area contributed by atoms with E-state index in [1.54, 1.807) is 0 Å². The van der Waals surface area contributed by atoms with Crippen LogP contribution in [0.4, 0.5) is 11.5 Å². The Balaban J connectivity index is 1.92. The third kappa shape index (κ3) is 2.82. The molecule has 0 amide bonds. The zero-order valence-electron chi connectivity index (χ0n) is 12.2.